The second-order valence-electron chi connectivity index (χ2n) is 4.77. The Morgan fingerprint density at radius 2 is 1.88 bits per heavy atom. The summed E-state index contributed by atoms with van der Waals surface area (Å²) in [6, 6.07) is 1.15. The Hall–Kier alpha value is -0.810. The molecule has 1 aromatic heterocycles. The monoisotopic (exact) mass is 240 g/mol. The average molecular weight is 240 g/mol. The van der Waals surface area contributed by atoms with Crippen molar-refractivity contribution in [2.24, 2.45) is 0 Å². The summed E-state index contributed by atoms with van der Waals surface area (Å²) in [6.45, 7) is 8.71. The van der Waals surface area contributed by atoms with Gasteiger partial charge in [0.15, 0.2) is 0 Å². The first-order valence-electron chi connectivity index (χ1n) is 5.69. The van der Waals surface area contributed by atoms with Crippen LogP contribution in [0.25, 0.3) is 0 Å². The van der Waals surface area contributed by atoms with E-state index in [2.05, 4.69) is 42.0 Å². The number of hydrogen-bond acceptors (Lipinski definition) is 5. The molecule has 1 fully saturated rings. The SMILES string of the molecule is Cc1c(N)nsc1N1CC(C)N(C)C(C)C1. The van der Waals surface area contributed by atoms with Gasteiger partial charge in [-0.1, -0.05) is 0 Å². The van der Waals surface area contributed by atoms with E-state index in [0.29, 0.717) is 17.9 Å². The second kappa shape index (κ2) is 4.22. The van der Waals surface area contributed by atoms with Crippen LogP contribution in [0.3, 0.4) is 0 Å². The second-order valence-corrected chi connectivity index (χ2v) is 5.52. The molecule has 2 rings (SSSR count). The minimum absolute atomic E-state index is 0.575. The summed E-state index contributed by atoms with van der Waals surface area (Å²) >= 11 is 1.52. The van der Waals surface area contributed by atoms with Gasteiger partial charge in [-0.05, 0) is 39.4 Å². The summed E-state index contributed by atoms with van der Waals surface area (Å²) in [7, 11) is 2.20. The first-order valence-corrected chi connectivity index (χ1v) is 6.46. The number of anilines is 2. The van der Waals surface area contributed by atoms with Crippen molar-refractivity contribution in [3.05, 3.63) is 5.56 Å². The first-order chi connectivity index (χ1) is 7.50. The molecular formula is C11H20N4S. The highest BCUT2D eigenvalue weighted by Gasteiger charge is 2.28. The van der Waals surface area contributed by atoms with Gasteiger partial charge in [0.2, 0.25) is 0 Å². The zero-order valence-corrected chi connectivity index (χ0v) is 11.2. The molecule has 1 aliphatic rings. The molecule has 0 radical (unpaired) electrons. The number of nitrogen functional groups attached to an aromatic ring is 1. The number of hydrogen-bond donors (Lipinski definition) is 1. The van der Waals surface area contributed by atoms with Gasteiger partial charge >= 0.3 is 0 Å². The Kier molecular flexibility index (Phi) is 3.08. The van der Waals surface area contributed by atoms with Gasteiger partial charge in [0.25, 0.3) is 0 Å². The zero-order chi connectivity index (χ0) is 11.9. The summed E-state index contributed by atoms with van der Waals surface area (Å²) in [5, 5.41) is 1.24. The van der Waals surface area contributed by atoms with Crippen LogP contribution in [0.5, 0.6) is 0 Å². The Morgan fingerprint density at radius 1 is 1.31 bits per heavy atom. The van der Waals surface area contributed by atoms with Gasteiger partial charge in [-0.25, -0.2) is 0 Å². The van der Waals surface area contributed by atoms with Gasteiger partial charge in [-0.2, -0.15) is 4.37 Å². The van der Waals surface area contributed by atoms with E-state index in [4.69, 9.17) is 5.73 Å². The van der Waals surface area contributed by atoms with Crippen molar-refractivity contribution in [3.8, 4) is 0 Å². The predicted molar refractivity (Wildman–Crippen MR) is 70.2 cm³/mol. The molecule has 90 valence electrons. The summed E-state index contributed by atoms with van der Waals surface area (Å²) < 4.78 is 4.22. The van der Waals surface area contributed by atoms with Crippen LogP contribution in [-0.4, -0.2) is 41.5 Å². The van der Waals surface area contributed by atoms with Gasteiger partial charge in [0.1, 0.15) is 10.8 Å². The fourth-order valence-corrected chi connectivity index (χ4v) is 3.03. The predicted octanol–water partition coefficient (Wildman–Crippen LogP) is 1.56. The van der Waals surface area contributed by atoms with Crippen molar-refractivity contribution >= 4 is 22.4 Å². The van der Waals surface area contributed by atoms with Crippen LogP contribution in [0.15, 0.2) is 0 Å². The lowest BCUT2D eigenvalue weighted by Gasteiger charge is -2.43. The highest BCUT2D eigenvalue weighted by Crippen LogP contribution is 2.31. The maximum atomic E-state index is 5.81. The zero-order valence-electron chi connectivity index (χ0n) is 10.4. The van der Waals surface area contributed by atoms with Crippen molar-refractivity contribution in [2.75, 3.05) is 30.8 Å². The van der Waals surface area contributed by atoms with Crippen molar-refractivity contribution in [1.29, 1.82) is 0 Å². The lowest BCUT2D eigenvalue weighted by molar-refractivity contribution is 0.170. The number of nitrogens with zero attached hydrogens (tertiary/aromatic N) is 3. The largest absolute Gasteiger partial charge is 0.383 e. The molecule has 16 heavy (non-hydrogen) atoms. The van der Waals surface area contributed by atoms with E-state index in [1.165, 1.54) is 16.5 Å². The van der Waals surface area contributed by atoms with E-state index in [1.807, 2.05) is 0 Å². The van der Waals surface area contributed by atoms with Gasteiger partial charge in [0, 0.05) is 30.7 Å². The van der Waals surface area contributed by atoms with Crippen LogP contribution >= 0.6 is 11.5 Å². The van der Waals surface area contributed by atoms with Crippen LogP contribution in [0.4, 0.5) is 10.8 Å². The highest BCUT2D eigenvalue weighted by atomic mass is 32.1. The minimum atomic E-state index is 0.575. The minimum Gasteiger partial charge on any atom is -0.383 e. The quantitative estimate of drug-likeness (QED) is 0.809. The molecule has 0 amide bonds. The van der Waals surface area contributed by atoms with Crippen molar-refractivity contribution in [1.82, 2.24) is 9.27 Å². The molecular weight excluding hydrogens is 220 g/mol. The van der Waals surface area contributed by atoms with Gasteiger partial charge < -0.3 is 10.6 Å². The van der Waals surface area contributed by atoms with E-state index in [0.717, 1.165) is 18.7 Å². The highest BCUT2D eigenvalue weighted by molar-refractivity contribution is 7.10. The topological polar surface area (TPSA) is 45.4 Å². The van der Waals surface area contributed by atoms with Crippen molar-refractivity contribution in [2.45, 2.75) is 32.9 Å². The number of piperazine rings is 1. The van der Waals surface area contributed by atoms with Crippen LogP contribution in [0.1, 0.15) is 19.4 Å². The molecule has 0 bridgehead atoms. The molecule has 4 nitrogen and oxygen atoms in total. The molecule has 2 N–H and O–H groups in total. The van der Waals surface area contributed by atoms with E-state index in [-0.39, 0.29) is 0 Å². The smallest absolute Gasteiger partial charge is 0.142 e. The molecule has 1 aliphatic heterocycles. The molecule has 0 spiro atoms. The van der Waals surface area contributed by atoms with Crippen LogP contribution in [0, 0.1) is 6.92 Å². The third-order valence-electron chi connectivity index (χ3n) is 3.58. The van der Waals surface area contributed by atoms with Crippen LogP contribution in [0.2, 0.25) is 0 Å². The molecule has 2 atom stereocenters. The summed E-state index contributed by atoms with van der Waals surface area (Å²) in [5.74, 6) is 0.680. The van der Waals surface area contributed by atoms with Crippen LogP contribution in [-0.2, 0) is 0 Å². The molecule has 2 unspecified atom stereocenters. The lowest BCUT2D eigenvalue weighted by atomic mass is 10.1. The van der Waals surface area contributed by atoms with E-state index in [1.54, 1.807) is 0 Å². The normalized spacial score (nSPS) is 27.4. The third kappa shape index (κ3) is 1.89. The third-order valence-corrected chi connectivity index (χ3v) is 4.61. The first kappa shape index (κ1) is 11.7. The maximum absolute atomic E-state index is 5.81. The van der Waals surface area contributed by atoms with E-state index in [9.17, 15) is 0 Å². The number of rotatable bonds is 1. The molecule has 0 aliphatic carbocycles. The Balaban J connectivity index is 2.20. The number of nitrogens with two attached hydrogens (primary N) is 1. The maximum Gasteiger partial charge on any atom is 0.142 e. The molecule has 5 heteroatoms. The standard InChI is InChI=1S/C11H20N4S/c1-7-5-15(6-8(2)14(7)4)11-9(3)10(12)13-16-11/h7-8H,5-6H2,1-4H3,(H2,12,13). The molecule has 0 saturated carbocycles. The molecule has 1 aromatic rings. The van der Waals surface area contributed by atoms with E-state index >= 15 is 0 Å². The van der Waals surface area contributed by atoms with Gasteiger partial charge in [-0.15, -0.1) is 0 Å². The Labute approximate surface area is 101 Å². The molecule has 2 heterocycles. The van der Waals surface area contributed by atoms with Crippen molar-refractivity contribution < 1.29 is 0 Å². The lowest BCUT2D eigenvalue weighted by Crippen LogP contribution is -2.55. The summed E-state index contributed by atoms with van der Waals surface area (Å²) in [5.41, 5.74) is 6.94. The van der Waals surface area contributed by atoms with Crippen molar-refractivity contribution in [3.63, 3.8) is 0 Å². The van der Waals surface area contributed by atoms with Crippen LogP contribution < -0.4 is 10.6 Å². The molecule has 1 saturated heterocycles. The fraction of sp³-hybridized carbons (Fsp3) is 0.727. The number of aromatic nitrogens is 1. The van der Waals surface area contributed by atoms with Gasteiger partial charge in [0.05, 0.1) is 0 Å². The number of likely N-dealkylation sites (N-methyl/N-ethyl adjacent to an activating group) is 1. The summed E-state index contributed by atoms with van der Waals surface area (Å²) in [6.07, 6.45) is 0. The van der Waals surface area contributed by atoms with Gasteiger partial charge in [-0.3, -0.25) is 4.90 Å². The fourth-order valence-electron chi connectivity index (χ4n) is 2.20. The van der Waals surface area contributed by atoms with E-state index < -0.39 is 0 Å². The Morgan fingerprint density at radius 3 is 2.31 bits per heavy atom. The summed E-state index contributed by atoms with van der Waals surface area (Å²) in [4.78, 5) is 4.84. The Bertz CT molecular complexity index is 364. The molecule has 0 aromatic carbocycles. The average Bonchev–Trinajstić information content (AvgIpc) is 2.56.